The Kier molecular flexibility index (Phi) is 14.5. The van der Waals surface area contributed by atoms with Crippen LogP contribution in [0.25, 0.3) is 21.3 Å². The van der Waals surface area contributed by atoms with Crippen molar-refractivity contribution in [3.63, 3.8) is 0 Å². The number of hydrogen-bond acceptors (Lipinski definition) is 8. The number of amides is 5. The van der Waals surface area contributed by atoms with E-state index in [1.54, 1.807) is 40.8 Å². The molecule has 1 aromatic heterocycles. The van der Waals surface area contributed by atoms with Crippen LogP contribution < -0.4 is 27.0 Å². The van der Waals surface area contributed by atoms with Crippen LogP contribution in [0.5, 0.6) is 0 Å². The molecule has 274 valence electrons. The van der Waals surface area contributed by atoms with E-state index in [1.165, 1.54) is 13.8 Å². The quantitative estimate of drug-likeness (QED) is 0.0657. The van der Waals surface area contributed by atoms with Crippen molar-refractivity contribution in [3.8, 4) is 0 Å². The lowest BCUT2D eigenvalue weighted by Gasteiger charge is -2.32. The molecule has 0 radical (unpaired) electrons. The fraction of sp³-hybridized carbons (Fsp3) is 0.588. The minimum Gasteiger partial charge on any atom is -0.460 e. The minimum absolute atomic E-state index is 0.0310. The molecule has 0 bridgehead atoms. The van der Waals surface area contributed by atoms with Crippen LogP contribution in [0.4, 0.5) is 0 Å². The van der Waals surface area contributed by atoms with Crippen molar-refractivity contribution in [2.75, 3.05) is 0 Å². The summed E-state index contributed by atoms with van der Waals surface area (Å²) in [5.41, 5.74) is 14.1. The maximum Gasteiger partial charge on any atom is 0.308 e. The van der Waals surface area contributed by atoms with Crippen molar-refractivity contribution in [2.24, 2.45) is 22.7 Å². The zero-order valence-corrected chi connectivity index (χ0v) is 30.2. The number of fused-ring (bicyclic) bond motifs is 1. The van der Waals surface area contributed by atoms with Crippen molar-refractivity contribution >= 4 is 46.4 Å². The van der Waals surface area contributed by atoms with Crippen molar-refractivity contribution in [2.45, 2.75) is 117 Å². The molecule has 4 atom stereocenters. The third-order valence-electron chi connectivity index (χ3n) is 7.58. The van der Waals surface area contributed by atoms with Crippen LogP contribution in [-0.4, -0.2) is 75.8 Å². The number of azide groups is 1. The van der Waals surface area contributed by atoms with E-state index in [0.29, 0.717) is 0 Å². The molecule has 16 nitrogen and oxygen atoms in total. The summed E-state index contributed by atoms with van der Waals surface area (Å²) in [6.07, 6.45) is 1.52. The first kappa shape index (κ1) is 41.2. The van der Waals surface area contributed by atoms with E-state index in [4.69, 9.17) is 16.0 Å². The summed E-state index contributed by atoms with van der Waals surface area (Å²) in [5.74, 6) is -5.16. The number of carbonyl (C=O) groups is 6. The standard InChI is InChI=1S/C34H51N9O7/c1-18(2)14-24(30(47)42-43-36)39-31(48)27(19(3)4)40-32(49)34(8,9)41-29(46)25(16-26(44)50-33(5,6)7)38-28(45)22(35)15-20-17-37-23-13-11-10-12-21(20)23/h10-13,17-19,22,24-25,27,37H,14-16,35H2,1-9H3,(H,38,45)(H,39,48)(H,40,49)(H,41,46)/t22-,24+,25-,27-/m1/s1. The number of H-pyrrole nitrogens is 1. The van der Waals surface area contributed by atoms with Gasteiger partial charge in [0, 0.05) is 22.0 Å². The van der Waals surface area contributed by atoms with Gasteiger partial charge in [-0.3, -0.25) is 28.8 Å². The van der Waals surface area contributed by atoms with Gasteiger partial charge >= 0.3 is 5.97 Å². The summed E-state index contributed by atoms with van der Waals surface area (Å²) < 4.78 is 5.38. The van der Waals surface area contributed by atoms with Gasteiger partial charge in [-0.2, -0.15) is 0 Å². The molecule has 0 spiro atoms. The molecule has 0 saturated carbocycles. The van der Waals surface area contributed by atoms with Gasteiger partial charge < -0.3 is 36.7 Å². The molecule has 1 aromatic carbocycles. The van der Waals surface area contributed by atoms with E-state index in [-0.39, 0.29) is 18.8 Å². The number of carbonyl (C=O) groups excluding carboxylic acids is 6. The zero-order chi connectivity index (χ0) is 38.0. The van der Waals surface area contributed by atoms with E-state index in [2.05, 4.69) is 36.3 Å². The third-order valence-corrected chi connectivity index (χ3v) is 7.58. The van der Waals surface area contributed by atoms with Crippen LogP contribution in [-0.2, 0) is 39.9 Å². The number of rotatable bonds is 16. The number of nitrogens with zero attached hydrogens (tertiary/aromatic N) is 3. The number of aromatic amines is 1. The largest absolute Gasteiger partial charge is 0.460 e. The van der Waals surface area contributed by atoms with Crippen LogP contribution >= 0.6 is 0 Å². The average molecular weight is 698 g/mol. The van der Waals surface area contributed by atoms with Crippen molar-refractivity contribution in [1.82, 2.24) is 26.3 Å². The highest BCUT2D eigenvalue weighted by molar-refractivity contribution is 5.98. The molecular weight excluding hydrogens is 646 g/mol. The SMILES string of the molecule is CC(C)C[C@H](NC(=O)[C@H](NC(=O)C(C)(C)NC(=O)[C@@H](CC(=O)OC(C)(C)C)NC(=O)[C@H](N)Cc1c[nH]c2ccccc12)C(C)C)C(=O)N=[N+]=[N-]. The number of aromatic nitrogens is 1. The Morgan fingerprint density at radius 3 is 2.12 bits per heavy atom. The van der Waals surface area contributed by atoms with Crippen LogP contribution in [0.3, 0.4) is 0 Å². The second-order valence-electron chi connectivity index (χ2n) is 14.5. The first-order valence-corrected chi connectivity index (χ1v) is 16.5. The van der Waals surface area contributed by atoms with Gasteiger partial charge in [0.05, 0.1) is 18.5 Å². The molecule has 0 fully saturated rings. The normalized spacial score (nSPS) is 14.2. The monoisotopic (exact) mass is 697 g/mol. The van der Waals surface area contributed by atoms with E-state index in [9.17, 15) is 28.8 Å². The number of nitrogens with two attached hydrogens (primary N) is 1. The molecule has 0 aliphatic heterocycles. The molecule has 2 rings (SSSR count). The number of nitrogens with one attached hydrogen (secondary N) is 5. The van der Waals surface area contributed by atoms with Gasteiger partial charge in [-0.05, 0) is 81.6 Å². The Bertz CT molecular complexity index is 1600. The number of esters is 1. The van der Waals surface area contributed by atoms with Gasteiger partial charge in [0.15, 0.2) is 0 Å². The number of para-hydroxylation sites is 1. The second kappa shape index (κ2) is 17.6. The summed E-state index contributed by atoms with van der Waals surface area (Å²) >= 11 is 0. The molecule has 0 aliphatic rings. The maximum atomic E-state index is 13.6. The second-order valence-corrected chi connectivity index (χ2v) is 14.5. The third kappa shape index (κ3) is 12.5. The Morgan fingerprint density at radius 2 is 1.54 bits per heavy atom. The van der Waals surface area contributed by atoms with Crippen LogP contribution in [0.15, 0.2) is 35.6 Å². The highest BCUT2D eigenvalue weighted by atomic mass is 16.6. The molecule has 50 heavy (non-hydrogen) atoms. The van der Waals surface area contributed by atoms with Crippen molar-refractivity contribution < 1.29 is 33.5 Å². The van der Waals surface area contributed by atoms with Crippen LogP contribution in [0, 0.1) is 11.8 Å². The fourth-order valence-corrected chi connectivity index (χ4v) is 5.04. The summed E-state index contributed by atoms with van der Waals surface area (Å²) in [7, 11) is 0. The molecular formula is C34H51N9O7. The Labute approximate surface area is 292 Å². The molecule has 0 saturated heterocycles. The number of hydrogen-bond donors (Lipinski definition) is 6. The van der Waals surface area contributed by atoms with Gasteiger partial charge in [0.1, 0.15) is 23.2 Å². The minimum atomic E-state index is -1.66. The maximum absolute atomic E-state index is 13.6. The first-order chi connectivity index (χ1) is 23.1. The summed E-state index contributed by atoms with van der Waals surface area (Å²) in [5, 5.41) is 14.3. The predicted octanol–water partition coefficient (Wildman–Crippen LogP) is 2.66. The van der Waals surface area contributed by atoms with Gasteiger partial charge in [0.25, 0.3) is 0 Å². The molecule has 2 aromatic rings. The topological polar surface area (TPSA) is 250 Å². The van der Waals surface area contributed by atoms with Crippen LogP contribution in [0.2, 0.25) is 0 Å². The van der Waals surface area contributed by atoms with E-state index in [0.717, 1.165) is 16.5 Å². The van der Waals surface area contributed by atoms with Gasteiger partial charge in [0.2, 0.25) is 29.5 Å². The van der Waals surface area contributed by atoms with Gasteiger partial charge in [-0.1, -0.05) is 45.9 Å². The molecule has 5 amide bonds. The lowest BCUT2D eigenvalue weighted by Crippen LogP contribution is -2.63. The summed E-state index contributed by atoms with van der Waals surface area (Å²) in [6, 6.07) is 2.69. The highest BCUT2D eigenvalue weighted by Crippen LogP contribution is 2.19. The average Bonchev–Trinajstić information content (AvgIpc) is 3.39. The van der Waals surface area contributed by atoms with E-state index in [1.807, 2.05) is 38.1 Å². The predicted molar refractivity (Wildman–Crippen MR) is 187 cm³/mol. The zero-order valence-electron chi connectivity index (χ0n) is 30.2. The highest BCUT2D eigenvalue weighted by Gasteiger charge is 2.38. The Hall–Kier alpha value is -4.95. The summed E-state index contributed by atoms with van der Waals surface area (Å²) in [4.78, 5) is 84.5. The molecule has 7 N–H and O–H groups in total. The van der Waals surface area contributed by atoms with Gasteiger partial charge in [-0.15, -0.1) is 0 Å². The van der Waals surface area contributed by atoms with Crippen molar-refractivity contribution in [3.05, 3.63) is 46.5 Å². The lowest BCUT2D eigenvalue weighted by molar-refractivity contribution is -0.156. The first-order valence-electron chi connectivity index (χ1n) is 16.5. The Balaban J connectivity index is 2.23. The smallest absolute Gasteiger partial charge is 0.308 e. The molecule has 16 heteroatoms. The van der Waals surface area contributed by atoms with E-state index >= 15 is 0 Å². The molecule has 1 heterocycles. The summed E-state index contributed by atoms with van der Waals surface area (Å²) in [6.45, 7) is 14.7. The van der Waals surface area contributed by atoms with Gasteiger partial charge in [-0.25, -0.2) is 0 Å². The molecule has 0 unspecified atom stereocenters. The molecule has 0 aliphatic carbocycles. The van der Waals surface area contributed by atoms with Crippen LogP contribution in [0.1, 0.15) is 80.7 Å². The number of benzene rings is 1. The Morgan fingerprint density at radius 1 is 0.920 bits per heavy atom. The lowest BCUT2D eigenvalue weighted by atomic mass is 9.97. The number of ether oxygens (including phenoxy) is 1. The van der Waals surface area contributed by atoms with Crippen molar-refractivity contribution in [1.29, 1.82) is 0 Å². The van der Waals surface area contributed by atoms with E-state index < -0.39 is 83.2 Å². The fourth-order valence-electron chi connectivity index (χ4n) is 5.04.